The molecule has 0 bridgehead atoms. The fourth-order valence-electron chi connectivity index (χ4n) is 2.01. The second-order valence-corrected chi connectivity index (χ2v) is 5.06. The molecule has 0 spiro atoms. The Balaban J connectivity index is 2.73. The van der Waals surface area contributed by atoms with Crippen LogP contribution in [0.2, 0.25) is 0 Å². The largest absolute Gasteiger partial charge is 0.399 e. The van der Waals surface area contributed by atoms with Gasteiger partial charge in [0.2, 0.25) is 5.78 Å². The summed E-state index contributed by atoms with van der Waals surface area (Å²) in [6.45, 7) is 4.21. The average molecular weight is 291 g/mol. The SMILES string of the molecule is CC=CC(O)(OCCCCCC)C(=O)c1ccc(N)cc1. The fraction of sp³-hybridized carbons (Fsp3) is 0.471. The molecule has 1 aromatic rings. The second kappa shape index (κ2) is 8.60. The number of aliphatic hydroxyl groups is 1. The van der Waals surface area contributed by atoms with Gasteiger partial charge in [-0.15, -0.1) is 0 Å². The van der Waals surface area contributed by atoms with Crippen molar-refractivity contribution in [2.24, 2.45) is 0 Å². The Bertz CT molecular complexity index is 467. The summed E-state index contributed by atoms with van der Waals surface area (Å²) in [5.74, 6) is -2.38. The second-order valence-electron chi connectivity index (χ2n) is 5.06. The highest BCUT2D eigenvalue weighted by Crippen LogP contribution is 2.19. The lowest BCUT2D eigenvalue weighted by Gasteiger charge is -2.23. The molecule has 0 aliphatic rings. The summed E-state index contributed by atoms with van der Waals surface area (Å²) in [6, 6.07) is 6.44. The van der Waals surface area contributed by atoms with E-state index in [-0.39, 0.29) is 0 Å². The molecule has 0 saturated carbocycles. The van der Waals surface area contributed by atoms with Crippen LogP contribution in [0.25, 0.3) is 0 Å². The number of benzene rings is 1. The monoisotopic (exact) mass is 291 g/mol. The predicted molar refractivity (Wildman–Crippen MR) is 85.0 cm³/mol. The first-order valence-corrected chi connectivity index (χ1v) is 7.44. The molecule has 1 rings (SSSR count). The summed E-state index contributed by atoms with van der Waals surface area (Å²) in [6.07, 6.45) is 7.09. The smallest absolute Gasteiger partial charge is 0.251 e. The minimum atomic E-state index is -1.91. The number of rotatable bonds is 9. The summed E-state index contributed by atoms with van der Waals surface area (Å²) in [5.41, 5.74) is 6.55. The molecule has 21 heavy (non-hydrogen) atoms. The summed E-state index contributed by atoms with van der Waals surface area (Å²) < 4.78 is 5.45. The van der Waals surface area contributed by atoms with Crippen LogP contribution in [0.1, 0.15) is 49.9 Å². The number of nitrogen functional groups attached to an aromatic ring is 1. The van der Waals surface area contributed by atoms with Gasteiger partial charge in [-0.3, -0.25) is 4.79 Å². The Labute approximate surface area is 126 Å². The lowest BCUT2D eigenvalue weighted by atomic mass is 10.0. The molecule has 0 saturated heterocycles. The van der Waals surface area contributed by atoms with Gasteiger partial charge in [0.15, 0.2) is 0 Å². The van der Waals surface area contributed by atoms with Gasteiger partial charge >= 0.3 is 0 Å². The molecule has 0 heterocycles. The molecule has 0 aliphatic heterocycles. The van der Waals surface area contributed by atoms with Gasteiger partial charge in [0.25, 0.3) is 5.79 Å². The van der Waals surface area contributed by atoms with E-state index in [0.717, 1.165) is 25.7 Å². The first kappa shape index (κ1) is 17.4. The molecule has 0 amide bonds. The van der Waals surface area contributed by atoms with Crippen molar-refractivity contribution in [3.05, 3.63) is 42.0 Å². The van der Waals surface area contributed by atoms with Gasteiger partial charge in [-0.1, -0.05) is 32.3 Å². The molecular weight excluding hydrogens is 266 g/mol. The Morgan fingerprint density at radius 2 is 1.95 bits per heavy atom. The van der Waals surface area contributed by atoms with Gasteiger partial charge in [0.05, 0.1) is 6.61 Å². The topological polar surface area (TPSA) is 72.5 Å². The number of ether oxygens (including phenoxy) is 1. The van der Waals surface area contributed by atoms with E-state index < -0.39 is 11.6 Å². The number of carbonyl (C=O) groups is 1. The van der Waals surface area contributed by atoms with Gasteiger partial charge in [0.1, 0.15) is 0 Å². The maximum absolute atomic E-state index is 12.4. The molecule has 1 atom stereocenters. The molecular formula is C17H25NO3. The van der Waals surface area contributed by atoms with Crippen LogP contribution in [-0.4, -0.2) is 23.3 Å². The minimum absolute atomic E-state index is 0.349. The van der Waals surface area contributed by atoms with Gasteiger partial charge in [-0.05, 0) is 43.7 Å². The lowest BCUT2D eigenvalue weighted by Crippen LogP contribution is -2.40. The predicted octanol–water partition coefficient (Wildman–Crippen LogP) is 3.31. The van der Waals surface area contributed by atoms with Crippen molar-refractivity contribution < 1.29 is 14.6 Å². The molecule has 1 aromatic carbocycles. The van der Waals surface area contributed by atoms with E-state index in [1.54, 1.807) is 37.3 Å². The fourth-order valence-corrected chi connectivity index (χ4v) is 2.01. The van der Waals surface area contributed by atoms with Crippen molar-refractivity contribution in [1.29, 1.82) is 0 Å². The Hall–Kier alpha value is -1.65. The zero-order chi connectivity index (χ0) is 15.7. The lowest BCUT2D eigenvalue weighted by molar-refractivity contribution is -0.132. The van der Waals surface area contributed by atoms with Crippen LogP contribution in [0.5, 0.6) is 0 Å². The number of carbonyl (C=O) groups excluding carboxylic acids is 1. The number of allylic oxidation sites excluding steroid dienone is 1. The standard InChI is InChI=1S/C17H25NO3/c1-3-5-6-7-13-21-17(20,12-4-2)16(19)14-8-10-15(18)11-9-14/h4,8-12,20H,3,5-7,13,18H2,1-2H3. The molecule has 0 aromatic heterocycles. The molecule has 0 radical (unpaired) electrons. The first-order valence-electron chi connectivity index (χ1n) is 7.44. The third kappa shape index (κ3) is 5.33. The van der Waals surface area contributed by atoms with Crippen LogP contribution in [0.4, 0.5) is 5.69 Å². The van der Waals surface area contributed by atoms with E-state index in [0.29, 0.717) is 17.9 Å². The molecule has 0 aliphatic carbocycles. The molecule has 3 N–H and O–H groups in total. The van der Waals surface area contributed by atoms with E-state index >= 15 is 0 Å². The number of ketones is 1. The summed E-state index contributed by atoms with van der Waals surface area (Å²) in [5, 5.41) is 10.5. The number of hydrogen-bond acceptors (Lipinski definition) is 4. The van der Waals surface area contributed by atoms with Crippen LogP contribution in [0, 0.1) is 0 Å². The molecule has 0 fully saturated rings. The number of hydrogen-bond donors (Lipinski definition) is 2. The third-order valence-electron chi connectivity index (χ3n) is 3.21. The van der Waals surface area contributed by atoms with Crippen LogP contribution in [0.15, 0.2) is 36.4 Å². The first-order chi connectivity index (χ1) is 10.0. The van der Waals surface area contributed by atoms with Crippen molar-refractivity contribution in [1.82, 2.24) is 0 Å². The Kier molecular flexibility index (Phi) is 7.12. The van der Waals surface area contributed by atoms with E-state index in [9.17, 15) is 9.90 Å². The molecule has 116 valence electrons. The quantitative estimate of drug-likeness (QED) is 0.241. The van der Waals surface area contributed by atoms with E-state index in [1.165, 1.54) is 6.08 Å². The summed E-state index contributed by atoms with van der Waals surface area (Å²) >= 11 is 0. The highest BCUT2D eigenvalue weighted by atomic mass is 16.6. The highest BCUT2D eigenvalue weighted by Gasteiger charge is 2.34. The Morgan fingerprint density at radius 1 is 1.29 bits per heavy atom. The maximum atomic E-state index is 12.4. The zero-order valence-corrected chi connectivity index (χ0v) is 12.8. The number of anilines is 1. The van der Waals surface area contributed by atoms with Crippen LogP contribution >= 0.6 is 0 Å². The average Bonchev–Trinajstić information content (AvgIpc) is 2.47. The van der Waals surface area contributed by atoms with E-state index in [2.05, 4.69) is 6.92 Å². The summed E-state index contributed by atoms with van der Waals surface area (Å²) in [7, 11) is 0. The van der Waals surface area contributed by atoms with Crippen LogP contribution in [0.3, 0.4) is 0 Å². The summed E-state index contributed by atoms with van der Waals surface area (Å²) in [4.78, 5) is 12.4. The maximum Gasteiger partial charge on any atom is 0.251 e. The van der Waals surface area contributed by atoms with E-state index in [1.807, 2.05) is 0 Å². The normalized spacial score (nSPS) is 14.2. The number of nitrogens with two attached hydrogens (primary N) is 1. The van der Waals surface area contributed by atoms with Crippen molar-refractivity contribution in [2.45, 2.75) is 45.3 Å². The molecule has 4 heteroatoms. The zero-order valence-electron chi connectivity index (χ0n) is 12.8. The minimum Gasteiger partial charge on any atom is -0.399 e. The van der Waals surface area contributed by atoms with Gasteiger partial charge < -0.3 is 15.6 Å². The molecule has 1 unspecified atom stereocenters. The van der Waals surface area contributed by atoms with Crippen LogP contribution < -0.4 is 5.73 Å². The van der Waals surface area contributed by atoms with Crippen molar-refractivity contribution in [3.8, 4) is 0 Å². The number of unbranched alkanes of at least 4 members (excludes halogenated alkanes) is 3. The molecule has 4 nitrogen and oxygen atoms in total. The van der Waals surface area contributed by atoms with Gasteiger partial charge in [-0.2, -0.15) is 0 Å². The highest BCUT2D eigenvalue weighted by molar-refractivity contribution is 6.02. The van der Waals surface area contributed by atoms with Crippen LogP contribution in [-0.2, 0) is 4.74 Å². The number of Topliss-reactive ketones (excluding diaryl/α,β-unsaturated/α-hetero) is 1. The van der Waals surface area contributed by atoms with Crippen molar-refractivity contribution in [2.75, 3.05) is 12.3 Å². The van der Waals surface area contributed by atoms with Gasteiger partial charge in [0, 0.05) is 11.3 Å². The van der Waals surface area contributed by atoms with Crippen molar-refractivity contribution >= 4 is 11.5 Å². The van der Waals surface area contributed by atoms with Gasteiger partial charge in [-0.25, -0.2) is 0 Å². The Morgan fingerprint density at radius 3 is 2.52 bits per heavy atom. The third-order valence-corrected chi connectivity index (χ3v) is 3.21. The van der Waals surface area contributed by atoms with E-state index in [4.69, 9.17) is 10.5 Å². The van der Waals surface area contributed by atoms with Crippen molar-refractivity contribution in [3.63, 3.8) is 0 Å².